The predicted molar refractivity (Wildman–Crippen MR) is 116 cm³/mol. The van der Waals surface area contributed by atoms with Crippen LogP contribution in [0.2, 0.25) is 5.02 Å². The molecular formula is C23H23ClN4O3. The van der Waals surface area contributed by atoms with Gasteiger partial charge < -0.3 is 14.6 Å². The van der Waals surface area contributed by atoms with Gasteiger partial charge in [-0.05, 0) is 55.7 Å². The molecule has 7 nitrogen and oxygen atoms in total. The highest BCUT2D eigenvalue weighted by Crippen LogP contribution is 2.29. The maximum atomic E-state index is 12.8. The standard InChI is InChI=1S/C23H23ClN4O3/c24-18-10-8-17(9-11-18)23-27-26-20(31-23)15-28(19-12-13-19)21(29)7-4-14-25-22(30)16-5-2-1-3-6-16/h1-3,5-6,8-11,19H,4,7,12-15H2,(H,25,30). The van der Waals surface area contributed by atoms with E-state index >= 15 is 0 Å². The smallest absolute Gasteiger partial charge is 0.251 e. The molecule has 160 valence electrons. The van der Waals surface area contributed by atoms with Crippen LogP contribution in [0, 0.1) is 0 Å². The van der Waals surface area contributed by atoms with E-state index in [1.165, 1.54) is 0 Å². The second-order valence-corrected chi connectivity index (χ2v) is 7.92. The van der Waals surface area contributed by atoms with E-state index in [-0.39, 0.29) is 17.9 Å². The van der Waals surface area contributed by atoms with E-state index in [1.54, 1.807) is 29.2 Å². The Kier molecular flexibility index (Phi) is 6.62. The van der Waals surface area contributed by atoms with Gasteiger partial charge in [0.1, 0.15) is 0 Å². The highest BCUT2D eigenvalue weighted by Gasteiger charge is 2.33. The van der Waals surface area contributed by atoms with E-state index in [4.69, 9.17) is 16.0 Å². The highest BCUT2D eigenvalue weighted by molar-refractivity contribution is 6.30. The van der Waals surface area contributed by atoms with Crippen LogP contribution in [-0.2, 0) is 11.3 Å². The summed E-state index contributed by atoms with van der Waals surface area (Å²) in [4.78, 5) is 26.6. The van der Waals surface area contributed by atoms with Gasteiger partial charge in [0.2, 0.25) is 17.7 Å². The van der Waals surface area contributed by atoms with E-state index in [0.717, 1.165) is 18.4 Å². The van der Waals surface area contributed by atoms with Gasteiger partial charge in [-0.1, -0.05) is 29.8 Å². The van der Waals surface area contributed by atoms with Crippen LogP contribution in [0.4, 0.5) is 0 Å². The number of nitrogens with one attached hydrogen (secondary N) is 1. The van der Waals surface area contributed by atoms with Crippen molar-refractivity contribution < 1.29 is 14.0 Å². The second kappa shape index (κ2) is 9.75. The molecule has 0 radical (unpaired) electrons. The number of hydrogen-bond donors (Lipinski definition) is 1. The topological polar surface area (TPSA) is 88.3 Å². The Hall–Kier alpha value is -3.19. The van der Waals surface area contributed by atoms with Crippen molar-refractivity contribution in [1.82, 2.24) is 20.4 Å². The summed E-state index contributed by atoms with van der Waals surface area (Å²) in [5.74, 6) is 0.705. The number of hydrogen-bond acceptors (Lipinski definition) is 5. The summed E-state index contributed by atoms with van der Waals surface area (Å²) in [6.07, 6.45) is 2.88. The quantitative estimate of drug-likeness (QED) is 0.508. The fourth-order valence-electron chi connectivity index (χ4n) is 3.26. The Bertz CT molecular complexity index is 1030. The third kappa shape index (κ3) is 5.70. The van der Waals surface area contributed by atoms with Gasteiger partial charge in [-0.3, -0.25) is 9.59 Å². The molecule has 1 N–H and O–H groups in total. The molecule has 0 spiro atoms. The van der Waals surface area contributed by atoms with E-state index in [9.17, 15) is 9.59 Å². The normalized spacial score (nSPS) is 13.1. The maximum absolute atomic E-state index is 12.8. The molecule has 4 rings (SSSR count). The first kappa shape index (κ1) is 21.1. The molecule has 2 aromatic carbocycles. The van der Waals surface area contributed by atoms with Crippen molar-refractivity contribution in [1.29, 1.82) is 0 Å². The number of benzene rings is 2. The molecule has 0 aliphatic heterocycles. The molecule has 0 bridgehead atoms. The van der Waals surface area contributed by atoms with Gasteiger partial charge in [0.15, 0.2) is 0 Å². The van der Waals surface area contributed by atoms with Gasteiger partial charge in [-0.2, -0.15) is 0 Å². The van der Waals surface area contributed by atoms with Crippen LogP contribution < -0.4 is 5.32 Å². The number of carbonyl (C=O) groups excluding carboxylic acids is 2. The monoisotopic (exact) mass is 438 g/mol. The lowest BCUT2D eigenvalue weighted by atomic mass is 10.2. The molecule has 31 heavy (non-hydrogen) atoms. The first-order chi connectivity index (χ1) is 15.1. The second-order valence-electron chi connectivity index (χ2n) is 7.49. The molecule has 0 atom stereocenters. The predicted octanol–water partition coefficient (Wildman–Crippen LogP) is 4.09. The van der Waals surface area contributed by atoms with Crippen molar-refractivity contribution >= 4 is 23.4 Å². The summed E-state index contributed by atoms with van der Waals surface area (Å²) < 4.78 is 5.76. The molecular weight excluding hydrogens is 416 g/mol. The number of nitrogens with zero attached hydrogens (tertiary/aromatic N) is 3. The average molecular weight is 439 g/mol. The van der Waals surface area contributed by atoms with E-state index < -0.39 is 0 Å². The zero-order valence-electron chi connectivity index (χ0n) is 17.0. The van der Waals surface area contributed by atoms with Crippen LogP contribution in [0.1, 0.15) is 41.9 Å². The van der Waals surface area contributed by atoms with Crippen LogP contribution in [-0.4, -0.2) is 39.5 Å². The largest absolute Gasteiger partial charge is 0.419 e. The fraction of sp³-hybridized carbons (Fsp3) is 0.304. The van der Waals surface area contributed by atoms with Crippen molar-refractivity contribution in [3.05, 3.63) is 71.1 Å². The molecule has 1 heterocycles. The lowest BCUT2D eigenvalue weighted by molar-refractivity contribution is -0.132. The van der Waals surface area contributed by atoms with Crippen LogP contribution >= 0.6 is 11.6 Å². The number of amides is 2. The zero-order valence-corrected chi connectivity index (χ0v) is 17.7. The van der Waals surface area contributed by atoms with E-state index in [1.807, 2.05) is 30.3 Å². The minimum atomic E-state index is -0.132. The molecule has 2 amide bonds. The van der Waals surface area contributed by atoms with E-state index in [0.29, 0.717) is 48.3 Å². The van der Waals surface area contributed by atoms with Crippen LogP contribution in [0.5, 0.6) is 0 Å². The molecule has 1 aromatic heterocycles. The number of aromatic nitrogens is 2. The van der Waals surface area contributed by atoms with Crippen LogP contribution in [0.25, 0.3) is 11.5 Å². The number of rotatable bonds is 9. The summed E-state index contributed by atoms with van der Waals surface area (Å²) in [7, 11) is 0. The molecule has 0 saturated heterocycles. The highest BCUT2D eigenvalue weighted by atomic mass is 35.5. The molecule has 8 heteroatoms. The third-order valence-electron chi connectivity index (χ3n) is 5.06. The minimum Gasteiger partial charge on any atom is -0.419 e. The van der Waals surface area contributed by atoms with Crippen molar-refractivity contribution in [2.45, 2.75) is 38.3 Å². The van der Waals surface area contributed by atoms with Crippen molar-refractivity contribution in [2.24, 2.45) is 0 Å². The average Bonchev–Trinajstić information content (AvgIpc) is 3.53. The van der Waals surface area contributed by atoms with Crippen molar-refractivity contribution in [3.8, 4) is 11.5 Å². The Balaban J connectivity index is 1.28. The molecule has 3 aromatic rings. The minimum absolute atomic E-state index is 0.0303. The van der Waals surface area contributed by atoms with Gasteiger partial charge in [0.25, 0.3) is 5.91 Å². The Labute approximate surface area is 185 Å². The van der Waals surface area contributed by atoms with Crippen LogP contribution in [0.3, 0.4) is 0 Å². The lowest BCUT2D eigenvalue weighted by Crippen LogP contribution is -2.33. The molecule has 1 aliphatic rings. The Morgan fingerprint density at radius 3 is 2.52 bits per heavy atom. The maximum Gasteiger partial charge on any atom is 0.251 e. The third-order valence-corrected chi connectivity index (χ3v) is 5.31. The van der Waals surface area contributed by atoms with E-state index in [2.05, 4.69) is 15.5 Å². The molecule has 1 aliphatic carbocycles. The van der Waals surface area contributed by atoms with Gasteiger partial charge in [0, 0.05) is 35.2 Å². The lowest BCUT2D eigenvalue weighted by Gasteiger charge is -2.20. The first-order valence-corrected chi connectivity index (χ1v) is 10.7. The Morgan fingerprint density at radius 2 is 1.81 bits per heavy atom. The molecule has 0 unspecified atom stereocenters. The summed E-state index contributed by atoms with van der Waals surface area (Å²) in [5, 5.41) is 11.7. The van der Waals surface area contributed by atoms with Gasteiger partial charge in [0.05, 0.1) is 6.54 Å². The van der Waals surface area contributed by atoms with Gasteiger partial charge in [-0.25, -0.2) is 0 Å². The first-order valence-electron chi connectivity index (χ1n) is 10.3. The zero-order chi connectivity index (χ0) is 21.6. The fourth-order valence-corrected chi connectivity index (χ4v) is 3.38. The number of halogens is 1. The SMILES string of the molecule is O=C(NCCCC(=O)N(Cc1nnc(-c2ccc(Cl)cc2)o1)C1CC1)c1ccccc1. The summed E-state index contributed by atoms with van der Waals surface area (Å²) in [5.41, 5.74) is 1.39. The summed E-state index contributed by atoms with van der Waals surface area (Å²) in [6, 6.07) is 16.4. The van der Waals surface area contributed by atoms with Gasteiger partial charge in [-0.15, -0.1) is 10.2 Å². The molecule has 1 fully saturated rings. The summed E-state index contributed by atoms with van der Waals surface area (Å²) >= 11 is 5.92. The summed E-state index contributed by atoms with van der Waals surface area (Å²) in [6.45, 7) is 0.736. The van der Waals surface area contributed by atoms with Crippen LogP contribution in [0.15, 0.2) is 59.0 Å². The van der Waals surface area contributed by atoms with Crippen molar-refractivity contribution in [2.75, 3.05) is 6.54 Å². The van der Waals surface area contributed by atoms with Gasteiger partial charge >= 0.3 is 0 Å². The Morgan fingerprint density at radius 1 is 1.06 bits per heavy atom. The number of carbonyl (C=O) groups is 2. The molecule has 1 saturated carbocycles. The van der Waals surface area contributed by atoms with Crippen molar-refractivity contribution in [3.63, 3.8) is 0 Å².